The average molecular weight is 471 g/mol. The number of ketones is 1. The number of hydrogen-bond acceptors (Lipinski definition) is 6. The van der Waals surface area contributed by atoms with Gasteiger partial charge in [-0.25, -0.2) is 0 Å². The molecular weight excluding hydrogens is 444 g/mol. The SMILES string of the molecule is CCOc1ccccc1C1/C(=C(\O)c2ccc3c(c2)CC(C)O3)C(=O)C(=O)N1Cc1ccncc1. The van der Waals surface area contributed by atoms with Crippen molar-refractivity contribution in [3.8, 4) is 11.5 Å². The van der Waals surface area contributed by atoms with Crippen LogP contribution >= 0.6 is 0 Å². The predicted molar refractivity (Wildman–Crippen MR) is 130 cm³/mol. The van der Waals surface area contributed by atoms with Crippen LogP contribution in [0.1, 0.15) is 42.1 Å². The van der Waals surface area contributed by atoms with Crippen molar-refractivity contribution in [2.24, 2.45) is 0 Å². The van der Waals surface area contributed by atoms with Gasteiger partial charge in [0.2, 0.25) is 0 Å². The fourth-order valence-electron chi connectivity index (χ4n) is 4.77. The van der Waals surface area contributed by atoms with E-state index in [9.17, 15) is 14.7 Å². The number of benzene rings is 2. The van der Waals surface area contributed by atoms with Gasteiger partial charge in [0.25, 0.3) is 11.7 Å². The van der Waals surface area contributed by atoms with Gasteiger partial charge in [0.15, 0.2) is 0 Å². The summed E-state index contributed by atoms with van der Waals surface area (Å²) in [5.41, 5.74) is 2.94. The van der Waals surface area contributed by atoms with Gasteiger partial charge in [-0.1, -0.05) is 18.2 Å². The molecule has 178 valence electrons. The van der Waals surface area contributed by atoms with Crippen LogP contribution in [0, 0.1) is 0 Å². The Hall–Kier alpha value is -4.13. The second-order valence-electron chi connectivity index (χ2n) is 8.71. The molecule has 0 radical (unpaired) electrons. The van der Waals surface area contributed by atoms with Gasteiger partial charge in [0.05, 0.1) is 18.2 Å². The highest BCUT2D eigenvalue weighted by Crippen LogP contribution is 2.44. The third-order valence-electron chi connectivity index (χ3n) is 6.33. The fourth-order valence-corrected chi connectivity index (χ4v) is 4.77. The first-order valence-corrected chi connectivity index (χ1v) is 11.7. The molecule has 2 atom stereocenters. The van der Waals surface area contributed by atoms with Crippen LogP contribution < -0.4 is 9.47 Å². The summed E-state index contributed by atoms with van der Waals surface area (Å²) < 4.78 is 11.6. The second kappa shape index (κ2) is 9.25. The minimum absolute atomic E-state index is 0.0446. The number of fused-ring (bicyclic) bond motifs is 1. The Morgan fingerprint density at radius 2 is 1.91 bits per heavy atom. The molecule has 7 heteroatoms. The van der Waals surface area contributed by atoms with E-state index >= 15 is 0 Å². The average Bonchev–Trinajstić information content (AvgIpc) is 3.36. The Bertz CT molecular complexity index is 1320. The number of aromatic nitrogens is 1. The van der Waals surface area contributed by atoms with Gasteiger partial charge in [-0.2, -0.15) is 0 Å². The van der Waals surface area contributed by atoms with E-state index in [0.717, 1.165) is 16.9 Å². The number of amides is 1. The van der Waals surface area contributed by atoms with E-state index in [1.165, 1.54) is 4.90 Å². The van der Waals surface area contributed by atoms with E-state index in [-0.39, 0.29) is 24.0 Å². The Kier molecular flexibility index (Phi) is 5.99. The van der Waals surface area contributed by atoms with Gasteiger partial charge in [0, 0.05) is 36.5 Å². The van der Waals surface area contributed by atoms with Crippen molar-refractivity contribution < 1.29 is 24.2 Å². The first-order valence-electron chi connectivity index (χ1n) is 11.7. The van der Waals surface area contributed by atoms with E-state index in [1.54, 1.807) is 42.7 Å². The lowest BCUT2D eigenvalue weighted by Gasteiger charge is -2.27. The lowest BCUT2D eigenvalue weighted by Crippen LogP contribution is -2.29. The highest BCUT2D eigenvalue weighted by molar-refractivity contribution is 6.46. The topological polar surface area (TPSA) is 89.0 Å². The number of nitrogens with zero attached hydrogens (tertiary/aromatic N) is 2. The molecule has 35 heavy (non-hydrogen) atoms. The molecule has 1 N–H and O–H groups in total. The van der Waals surface area contributed by atoms with Crippen LogP contribution in [0.4, 0.5) is 0 Å². The van der Waals surface area contributed by atoms with Crippen LogP contribution in [0.5, 0.6) is 11.5 Å². The van der Waals surface area contributed by atoms with Crippen molar-refractivity contribution >= 4 is 17.4 Å². The van der Waals surface area contributed by atoms with Crippen LogP contribution in [-0.2, 0) is 22.6 Å². The van der Waals surface area contributed by atoms with Crippen LogP contribution in [0.25, 0.3) is 5.76 Å². The molecule has 1 aromatic heterocycles. The summed E-state index contributed by atoms with van der Waals surface area (Å²) in [7, 11) is 0. The Labute approximate surface area is 203 Å². The first-order chi connectivity index (χ1) is 17.0. The third-order valence-corrected chi connectivity index (χ3v) is 6.33. The van der Waals surface area contributed by atoms with E-state index < -0.39 is 17.7 Å². The zero-order valence-electron chi connectivity index (χ0n) is 19.6. The summed E-state index contributed by atoms with van der Waals surface area (Å²) >= 11 is 0. The van der Waals surface area contributed by atoms with Gasteiger partial charge in [-0.15, -0.1) is 0 Å². The molecule has 0 spiro atoms. The normalized spacial score (nSPS) is 20.6. The van der Waals surface area contributed by atoms with E-state index in [1.807, 2.05) is 38.1 Å². The summed E-state index contributed by atoms with van der Waals surface area (Å²) in [5, 5.41) is 11.4. The molecule has 1 fully saturated rings. The number of hydrogen-bond donors (Lipinski definition) is 1. The maximum atomic E-state index is 13.4. The van der Waals surface area contributed by atoms with Crippen LogP contribution in [0.15, 0.2) is 72.6 Å². The lowest BCUT2D eigenvalue weighted by atomic mass is 9.93. The van der Waals surface area contributed by atoms with Crippen LogP contribution in [0.3, 0.4) is 0 Å². The molecule has 0 aliphatic carbocycles. The molecule has 0 saturated carbocycles. The summed E-state index contributed by atoms with van der Waals surface area (Å²) in [4.78, 5) is 32.2. The largest absolute Gasteiger partial charge is 0.507 e. The van der Waals surface area contributed by atoms with Gasteiger partial charge in [-0.3, -0.25) is 14.6 Å². The Morgan fingerprint density at radius 3 is 2.69 bits per heavy atom. The van der Waals surface area contributed by atoms with Crippen molar-refractivity contribution in [1.82, 2.24) is 9.88 Å². The minimum atomic E-state index is -0.811. The summed E-state index contributed by atoms with van der Waals surface area (Å²) in [6.07, 6.45) is 4.04. The predicted octanol–water partition coefficient (Wildman–Crippen LogP) is 4.43. The van der Waals surface area contributed by atoms with Crippen molar-refractivity contribution in [2.45, 2.75) is 39.0 Å². The zero-order valence-corrected chi connectivity index (χ0v) is 19.6. The fraction of sp³-hybridized carbons (Fsp3) is 0.250. The van der Waals surface area contributed by atoms with Crippen molar-refractivity contribution in [3.05, 3.63) is 94.8 Å². The van der Waals surface area contributed by atoms with Crippen molar-refractivity contribution in [1.29, 1.82) is 0 Å². The van der Waals surface area contributed by atoms with Crippen LogP contribution in [-0.4, -0.2) is 39.4 Å². The molecular formula is C28H26N2O5. The van der Waals surface area contributed by atoms with Crippen molar-refractivity contribution in [3.63, 3.8) is 0 Å². The number of aliphatic hydroxyl groups is 1. The number of Topliss-reactive ketones (excluding diaryl/α,β-unsaturated/α-hetero) is 1. The number of likely N-dealkylation sites (tertiary alicyclic amines) is 1. The Balaban J connectivity index is 1.66. The smallest absolute Gasteiger partial charge is 0.295 e. The number of para-hydroxylation sites is 1. The molecule has 3 heterocycles. The number of aliphatic hydroxyl groups excluding tert-OH is 1. The van der Waals surface area contributed by atoms with Gasteiger partial charge >= 0.3 is 0 Å². The highest BCUT2D eigenvalue weighted by Gasteiger charge is 2.47. The van der Waals surface area contributed by atoms with E-state index in [2.05, 4.69) is 4.98 Å². The molecule has 2 aliphatic rings. The lowest BCUT2D eigenvalue weighted by molar-refractivity contribution is -0.140. The van der Waals surface area contributed by atoms with Crippen molar-refractivity contribution in [2.75, 3.05) is 6.61 Å². The number of carbonyl (C=O) groups excluding carboxylic acids is 2. The third kappa shape index (κ3) is 4.14. The standard InChI is InChI=1S/C28H26N2O5/c1-3-34-23-7-5-4-6-21(23)25-24(26(31)19-8-9-22-20(15-19)14-17(2)35-22)27(32)28(33)30(25)16-18-10-12-29-13-11-18/h4-13,15,17,25,31H,3,14,16H2,1-2H3/b26-24+. The molecule has 1 amide bonds. The maximum absolute atomic E-state index is 13.4. The quantitative estimate of drug-likeness (QED) is 0.326. The van der Waals surface area contributed by atoms with Gasteiger partial charge in [-0.05, 0) is 61.4 Å². The second-order valence-corrected chi connectivity index (χ2v) is 8.71. The summed E-state index contributed by atoms with van der Waals surface area (Å²) in [6.45, 7) is 4.46. The molecule has 1 saturated heterocycles. The molecule has 3 aromatic rings. The molecule has 0 bridgehead atoms. The molecule has 2 aliphatic heterocycles. The minimum Gasteiger partial charge on any atom is -0.507 e. The van der Waals surface area contributed by atoms with E-state index in [0.29, 0.717) is 29.9 Å². The molecule has 2 aromatic carbocycles. The highest BCUT2D eigenvalue weighted by atomic mass is 16.5. The number of ether oxygens (including phenoxy) is 2. The first kappa shape index (κ1) is 22.7. The van der Waals surface area contributed by atoms with Gasteiger partial charge in [0.1, 0.15) is 23.4 Å². The monoisotopic (exact) mass is 470 g/mol. The number of carbonyl (C=O) groups is 2. The Morgan fingerprint density at radius 1 is 1.14 bits per heavy atom. The van der Waals surface area contributed by atoms with E-state index in [4.69, 9.17) is 9.47 Å². The number of rotatable bonds is 6. The zero-order chi connectivity index (χ0) is 24.5. The van der Waals surface area contributed by atoms with Gasteiger partial charge < -0.3 is 19.5 Å². The van der Waals surface area contributed by atoms with Crippen LogP contribution in [0.2, 0.25) is 0 Å². The molecule has 7 nitrogen and oxygen atoms in total. The molecule has 5 rings (SSSR count). The summed E-state index contributed by atoms with van der Waals surface area (Å²) in [6, 6.07) is 15.4. The number of pyridine rings is 1. The summed E-state index contributed by atoms with van der Waals surface area (Å²) in [5.74, 6) is -0.274. The maximum Gasteiger partial charge on any atom is 0.295 e. The molecule has 2 unspecified atom stereocenters.